The average Bonchev–Trinajstić information content (AvgIpc) is 2.74. The van der Waals surface area contributed by atoms with Crippen LogP contribution in [0.3, 0.4) is 0 Å². The molecule has 2 aromatic rings. The van der Waals surface area contributed by atoms with E-state index in [4.69, 9.17) is 4.74 Å². The van der Waals surface area contributed by atoms with Gasteiger partial charge in [-0.1, -0.05) is 36.4 Å². The molecule has 0 bridgehead atoms. The number of rotatable bonds is 6. The Kier molecular flexibility index (Phi) is 6.84. The number of nitrogens with one attached hydrogen (secondary N) is 1. The third-order valence-electron chi connectivity index (χ3n) is 4.80. The zero-order valence-electron chi connectivity index (χ0n) is 16.1. The first-order chi connectivity index (χ1) is 13.7. The molecule has 5 heteroatoms. The minimum atomic E-state index is -0.0576. The molecule has 1 aliphatic rings. The molecule has 28 heavy (non-hydrogen) atoms. The number of ether oxygens (including phenoxy) is 1. The van der Waals surface area contributed by atoms with E-state index < -0.39 is 0 Å². The molecule has 0 spiro atoms. The fourth-order valence-corrected chi connectivity index (χ4v) is 3.27. The summed E-state index contributed by atoms with van der Waals surface area (Å²) < 4.78 is 5.59. The van der Waals surface area contributed by atoms with Crippen molar-refractivity contribution in [2.75, 3.05) is 19.7 Å². The average molecular weight is 378 g/mol. The van der Waals surface area contributed by atoms with Crippen molar-refractivity contribution < 1.29 is 14.3 Å². The molecule has 2 aromatic carbocycles. The molecule has 0 aliphatic carbocycles. The lowest BCUT2D eigenvalue weighted by atomic mass is 10.0. The van der Waals surface area contributed by atoms with Gasteiger partial charge in [-0.2, -0.15) is 0 Å². The molecular formula is C23H26N2O3. The summed E-state index contributed by atoms with van der Waals surface area (Å²) in [6.45, 7) is 3.79. The first-order valence-electron chi connectivity index (χ1n) is 9.72. The van der Waals surface area contributed by atoms with Crippen LogP contribution in [0.25, 0.3) is 6.08 Å². The summed E-state index contributed by atoms with van der Waals surface area (Å²) >= 11 is 0. The number of piperidine rings is 1. The molecule has 1 aliphatic heterocycles. The third-order valence-corrected chi connectivity index (χ3v) is 4.80. The predicted molar refractivity (Wildman–Crippen MR) is 110 cm³/mol. The molecule has 146 valence electrons. The first-order valence-corrected chi connectivity index (χ1v) is 9.72. The Hall–Kier alpha value is -3.08. The van der Waals surface area contributed by atoms with Gasteiger partial charge in [-0.15, -0.1) is 0 Å². The van der Waals surface area contributed by atoms with Crippen LogP contribution < -0.4 is 10.1 Å². The molecule has 0 unspecified atom stereocenters. The van der Waals surface area contributed by atoms with Crippen molar-refractivity contribution in [3.8, 4) is 5.75 Å². The Morgan fingerprint density at radius 2 is 1.75 bits per heavy atom. The molecule has 2 amide bonds. The van der Waals surface area contributed by atoms with Gasteiger partial charge in [0.25, 0.3) is 5.91 Å². The van der Waals surface area contributed by atoms with Crippen molar-refractivity contribution in [3.63, 3.8) is 0 Å². The SMILES string of the molecule is CCOc1ccccc1C=CC(=O)N1CCC(NC(=O)c2ccccc2)CC1. The minimum Gasteiger partial charge on any atom is -0.493 e. The molecule has 1 heterocycles. The van der Waals surface area contributed by atoms with E-state index in [0.717, 1.165) is 24.2 Å². The van der Waals surface area contributed by atoms with Gasteiger partial charge in [-0.05, 0) is 44.0 Å². The van der Waals surface area contributed by atoms with Crippen LogP contribution in [-0.4, -0.2) is 42.5 Å². The summed E-state index contributed by atoms with van der Waals surface area (Å²) in [5.41, 5.74) is 1.56. The van der Waals surface area contributed by atoms with Gasteiger partial charge in [-0.25, -0.2) is 0 Å². The second kappa shape index (κ2) is 9.74. The van der Waals surface area contributed by atoms with Crippen LogP contribution in [-0.2, 0) is 4.79 Å². The topological polar surface area (TPSA) is 58.6 Å². The molecule has 5 nitrogen and oxygen atoms in total. The number of likely N-dealkylation sites (tertiary alicyclic amines) is 1. The first kappa shape index (κ1) is 19.7. The van der Waals surface area contributed by atoms with Crippen molar-refractivity contribution >= 4 is 17.9 Å². The van der Waals surface area contributed by atoms with Crippen LogP contribution in [0.4, 0.5) is 0 Å². The summed E-state index contributed by atoms with van der Waals surface area (Å²) in [6.07, 6.45) is 4.92. The molecule has 1 fully saturated rings. The number of hydrogen-bond donors (Lipinski definition) is 1. The second-order valence-electron chi connectivity index (χ2n) is 6.74. The Bertz CT molecular complexity index is 825. The number of hydrogen-bond acceptors (Lipinski definition) is 3. The second-order valence-corrected chi connectivity index (χ2v) is 6.74. The smallest absolute Gasteiger partial charge is 0.251 e. The molecule has 0 radical (unpaired) electrons. The minimum absolute atomic E-state index is 0.0147. The fraction of sp³-hybridized carbons (Fsp3) is 0.304. The highest BCUT2D eigenvalue weighted by Crippen LogP contribution is 2.20. The summed E-state index contributed by atoms with van der Waals surface area (Å²) in [5.74, 6) is 0.702. The predicted octanol–water partition coefficient (Wildman–Crippen LogP) is 3.52. The van der Waals surface area contributed by atoms with Gasteiger partial charge in [0.2, 0.25) is 5.91 Å². The van der Waals surface area contributed by atoms with E-state index in [1.165, 1.54) is 0 Å². The fourth-order valence-electron chi connectivity index (χ4n) is 3.27. The quantitative estimate of drug-likeness (QED) is 0.783. The van der Waals surface area contributed by atoms with Crippen LogP contribution in [0.2, 0.25) is 0 Å². The maximum Gasteiger partial charge on any atom is 0.251 e. The number of carbonyl (C=O) groups is 2. The van der Waals surface area contributed by atoms with E-state index in [1.807, 2.05) is 54.3 Å². The van der Waals surface area contributed by atoms with Crippen molar-refractivity contribution in [1.29, 1.82) is 0 Å². The molecule has 0 saturated carbocycles. The third kappa shape index (κ3) is 5.22. The van der Waals surface area contributed by atoms with Gasteiger partial charge in [0.1, 0.15) is 5.75 Å². The summed E-state index contributed by atoms with van der Waals surface area (Å²) in [7, 11) is 0. The monoisotopic (exact) mass is 378 g/mol. The van der Waals surface area contributed by atoms with Gasteiger partial charge in [0, 0.05) is 36.3 Å². The highest BCUT2D eigenvalue weighted by Gasteiger charge is 2.23. The highest BCUT2D eigenvalue weighted by molar-refractivity contribution is 5.94. The van der Waals surface area contributed by atoms with E-state index in [2.05, 4.69) is 5.32 Å². The Labute approximate surface area is 166 Å². The van der Waals surface area contributed by atoms with Crippen LogP contribution in [0.15, 0.2) is 60.7 Å². The largest absolute Gasteiger partial charge is 0.493 e. The van der Waals surface area contributed by atoms with Crippen molar-refractivity contribution in [2.24, 2.45) is 0 Å². The van der Waals surface area contributed by atoms with E-state index in [1.54, 1.807) is 24.3 Å². The lowest BCUT2D eigenvalue weighted by Crippen LogP contribution is -2.46. The van der Waals surface area contributed by atoms with Crippen molar-refractivity contribution in [3.05, 3.63) is 71.8 Å². The lowest BCUT2D eigenvalue weighted by molar-refractivity contribution is -0.126. The number of nitrogens with zero attached hydrogens (tertiary/aromatic N) is 1. The normalized spacial score (nSPS) is 14.8. The number of amides is 2. The number of benzene rings is 2. The Morgan fingerprint density at radius 1 is 1.07 bits per heavy atom. The van der Waals surface area contributed by atoms with Gasteiger partial charge >= 0.3 is 0 Å². The van der Waals surface area contributed by atoms with Gasteiger partial charge in [-0.3, -0.25) is 9.59 Å². The Balaban J connectivity index is 1.51. The maximum atomic E-state index is 12.5. The van der Waals surface area contributed by atoms with E-state index in [9.17, 15) is 9.59 Å². The lowest BCUT2D eigenvalue weighted by Gasteiger charge is -2.31. The van der Waals surface area contributed by atoms with Gasteiger partial charge in [0.15, 0.2) is 0 Å². The zero-order chi connectivity index (χ0) is 19.8. The summed E-state index contributed by atoms with van der Waals surface area (Å²) in [4.78, 5) is 26.6. The van der Waals surface area contributed by atoms with Crippen LogP contribution in [0.1, 0.15) is 35.7 Å². The van der Waals surface area contributed by atoms with Crippen LogP contribution in [0, 0.1) is 0 Å². The molecule has 1 N–H and O–H groups in total. The van der Waals surface area contributed by atoms with E-state index in [-0.39, 0.29) is 17.9 Å². The van der Waals surface area contributed by atoms with E-state index in [0.29, 0.717) is 25.3 Å². The molecule has 3 rings (SSSR count). The number of para-hydroxylation sites is 1. The molecule has 0 aromatic heterocycles. The molecule has 0 atom stereocenters. The van der Waals surface area contributed by atoms with Crippen LogP contribution >= 0.6 is 0 Å². The molecule has 1 saturated heterocycles. The van der Waals surface area contributed by atoms with Crippen molar-refractivity contribution in [2.45, 2.75) is 25.8 Å². The van der Waals surface area contributed by atoms with Crippen molar-refractivity contribution in [1.82, 2.24) is 10.2 Å². The molecular weight excluding hydrogens is 352 g/mol. The standard InChI is InChI=1S/C23H26N2O3/c1-2-28-21-11-7-6-8-18(21)12-13-22(26)25-16-14-20(15-17-25)24-23(27)19-9-4-3-5-10-19/h3-13,20H,2,14-17H2,1H3,(H,24,27). The maximum absolute atomic E-state index is 12.5. The zero-order valence-corrected chi connectivity index (χ0v) is 16.1. The summed E-state index contributed by atoms with van der Waals surface area (Å²) in [5, 5.41) is 3.06. The van der Waals surface area contributed by atoms with Gasteiger partial charge < -0.3 is 15.0 Å². The van der Waals surface area contributed by atoms with Crippen LogP contribution in [0.5, 0.6) is 5.75 Å². The van der Waals surface area contributed by atoms with Gasteiger partial charge in [0.05, 0.1) is 6.61 Å². The number of carbonyl (C=O) groups excluding carboxylic acids is 2. The highest BCUT2D eigenvalue weighted by atomic mass is 16.5. The summed E-state index contributed by atoms with van der Waals surface area (Å²) in [6, 6.07) is 17.0. The van der Waals surface area contributed by atoms with E-state index >= 15 is 0 Å². The Morgan fingerprint density at radius 3 is 2.46 bits per heavy atom.